The molecule has 0 fully saturated rings. The number of imidazole rings is 1. The molecule has 2 rings (SSSR count). The molecule has 0 aliphatic carbocycles. The van der Waals surface area contributed by atoms with Crippen LogP contribution in [-0.4, -0.2) is 15.9 Å². The van der Waals surface area contributed by atoms with E-state index in [1.165, 1.54) is 6.26 Å². The van der Waals surface area contributed by atoms with Gasteiger partial charge in [-0.1, -0.05) is 0 Å². The van der Waals surface area contributed by atoms with E-state index in [0.717, 1.165) is 0 Å². The van der Waals surface area contributed by atoms with Gasteiger partial charge in [0.25, 0.3) is 5.91 Å². The molecule has 0 aliphatic heterocycles. The number of carbonyl (C=O) groups excluding carboxylic acids is 1. The number of nitrogens with one attached hydrogen (secondary N) is 2. The highest BCUT2D eigenvalue weighted by molar-refractivity contribution is 6.03. The summed E-state index contributed by atoms with van der Waals surface area (Å²) in [5.74, 6) is 0.788. The van der Waals surface area contributed by atoms with Crippen LogP contribution in [0.15, 0.2) is 29.1 Å². The van der Waals surface area contributed by atoms with E-state index in [0.29, 0.717) is 17.3 Å². The van der Waals surface area contributed by atoms with Crippen LogP contribution in [0.4, 0.5) is 5.95 Å². The predicted molar refractivity (Wildman–Crippen MR) is 50.0 cm³/mol. The lowest BCUT2D eigenvalue weighted by Crippen LogP contribution is -2.12. The molecule has 0 aromatic carbocycles. The number of aromatic nitrogens is 2. The van der Waals surface area contributed by atoms with Crippen molar-refractivity contribution in [1.29, 1.82) is 0 Å². The van der Waals surface area contributed by atoms with Crippen LogP contribution in [0.1, 0.15) is 16.1 Å². The number of aryl methyl sites for hydroxylation is 1. The van der Waals surface area contributed by atoms with Gasteiger partial charge in [0.2, 0.25) is 5.95 Å². The Kier molecular flexibility index (Phi) is 2.06. The van der Waals surface area contributed by atoms with Crippen LogP contribution < -0.4 is 5.32 Å². The van der Waals surface area contributed by atoms with E-state index in [1.54, 1.807) is 25.4 Å². The number of furan rings is 1. The number of rotatable bonds is 2. The standard InChI is InChI=1S/C9H9N3O2/c1-6-7(2-5-14-6)8(13)12-9-10-3-4-11-9/h2-5H,1H3,(H2,10,11,12,13). The summed E-state index contributed by atoms with van der Waals surface area (Å²) in [5, 5.41) is 2.60. The number of aromatic amines is 1. The Bertz CT molecular complexity index is 431. The fourth-order valence-corrected chi connectivity index (χ4v) is 1.13. The summed E-state index contributed by atoms with van der Waals surface area (Å²) in [6, 6.07) is 1.62. The van der Waals surface area contributed by atoms with Crippen molar-refractivity contribution in [1.82, 2.24) is 9.97 Å². The van der Waals surface area contributed by atoms with Gasteiger partial charge in [0.15, 0.2) is 0 Å². The summed E-state index contributed by atoms with van der Waals surface area (Å²) in [4.78, 5) is 18.2. The molecule has 0 saturated heterocycles. The number of nitrogens with zero attached hydrogens (tertiary/aromatic N) is 1. The number of H-pyrrole nitrogens is 1. The first-order valence-corrected chi connectivity index (χ1v) is 4.12. The minimum absolute atomic E-state index is 0.230. The van der Waals surface area contributed by atoms with Crippen molar-refractivity contribution in [3.63, 3.8) is 0 Å². The van der Waals surface area contributed by atoms with Gasteiger partial charge < -0.3 is 9.40 Å². The molecule has 0 radical (unpaired) electrons. The fraction of sp³-hybridized carbons (Fsp3) is 0.111. The zero-order chi connectivity index (χ0) is 9.97. The third-order valence-corrected chi connectivity index (χ3v) is 1.83. The first kappa shape index (κ1) is 8.55. The molecule has 0 spiro atoms. The van der Waals surface area contributed by atoms with Gasteiger partial charge in [0.1, 0.15) is 5.76 Å². The summed E-state index contributed by atoms with van der Waals surface area (Å²) < 4.78 is 5.01. The van der Waals surface area contributed by atoms with Gasteiger partial charge in [0.05, 0.1) is 11.8 Å². The van der Waals surface area contributed by atoms with Crippen molar-refractivity contribution in [2.24, 2.45) is 0 Å². The molecule has 0 atom stereocenters. The summed E-state index contributed by atoms with van der Waals surface area (Å²) in [6.45, 7) is 1.73. The monoisotopic (exact) mass is 191 g/mol. The van der Waals surface area contributed by atoms with Gasteiger partial charge in [-0.25, -0.2) is 4.98 Å². The maximum atomic E-state index is 11.6. The molecule has 0 unspecified atom stereocenters. The molecule has 5 nitrogen and oxygen atoms in total. The van der Waals surface area contributed by atoms with Gasteiger partial charge in [-0.2, -0.15) is 0 Å². The van der Waals surface area contributed by atoms with Crippen LogP contribution >= 0.6 is 0 Å². The van der Waals surface area contributed by atoms with Crippen LogP contribution in [0, 0.1) is 6.92 Å². The highest BCUT2D eigenvalue weighted by Crippen LogP contribution is 2.10. The lowest BCUT2D eigenvalue weighted by atomic mass is 10.2. The average molecular weight is 191 g/mol. The lowest BCUT2D eigenvalue weighted by molar-refractivity contribution is 0.102. The Labute approximate surface area is 80.2 Å². The molecule has 72 valence electrons. The number of anilines is 1. The van der Waals surface area contributed by atoms with Crippen molar-refractivity contribution in [3.05, 3.63) is 36.0 Å². The van der Waals surface area contributed by atoms with Crippen LogP contribution in [0.25, 0.3) is 0 Å². The second-order valence-electron chi connectivity index (χ2n) is 2.78. The van der Waals surface area contributed by atoms with Crippen molar-refractivity contribution in [2.45, 2.75) is 6.92 Å². The quantitative estimate of drug-likeness (QED) is 0.756. The van der Waals surface area contributed by atoms with Crippen LogP contribution in [0.3, 0.4) is 0 Å². The Balaban J connectivity index is 2.14. The average Bonchev–Trinajstić information content (AvgIpc) is 2.75. The minimum Gasteiger partial charge on any atom is -0.469 e. The highest BCUT2D eigenvalue weighted by Gasteiger charge is 2.11. The second kappa shape index (κ2) is 3.37. The third kappa shape index (κ3) is 1.52. The number of carbonyl (C=O) groups is 1. The topological polar surface area (TPSA) is 70.9 Å². The molecule has 1 amide bonds. The van der Waals surface area contributed by atoms with E-state index < -0.39 is 0 Å². The molecule has 5 heteroatoms. The molecule has 0 aliphatic rings. The Morgan fingerprint density at radius 3 is 3.07 bits per heavy atom. The molecule has 0 bridgehead atoms. The van der Waals surface area contributed by atoms with Gasteiger partial charge in [-0.15, -0.1) is 0 Å². The number of amides is 1. The van der Waals surface area contributed by atoms with Gasteiger partial charge >= 0.3 is 0 Å². The summed E-state index contributed by atoms with van der Waals surface area (Å²) in [7, 11) is 0. The number of hydrogen-bond acceptors (Lipinski definition) is 3. The largest absolute Gasteiger partial charge is 0.469 e. The van der Waals surface area contributed by atoms with E-state index in [1.807, 2.05) is 0 Å². The van der Waals surface area contributed by atoms with Crippen LogP contribution in [0.2, 0.25) is 0 Å². The molecular weight excluding hydrogens is 182 g/mol. The molecule has 2 N–H and O–H groups in total. The third-order valence-electron chi connectivity index (χ3n) is 1.83. The smallest absolute Gasteiger partial charge is 0.261 e. The molecule has 0 saturated carbocycles. The summed E-state index contributed by atoms with van der Waals surface area (Å²) >= 11 is 0. The Morgan fingerprint density at radius 1 is 1.64 bits per heavy atom. The van der Waals surface area contributed by atoms with Gasteiger partial charge in [-0.05, 0) is 13.0 Å². The van der Waals surface area contributed by atoms with E-state index in [4.69, 9.17) is 4.42 Å². The minimum atomic E-state index is -0.230. The predicted octanol–water partition coefficient (Wildman–Crippen LogP) is 1.56. The first-order chi connectivity index (χ1) is 6.77. The summed E-state index contributed by atoms with van der Waals surface area (Å²) in [5.41, 5.74) is 0.515. The normalized spacial score (nSPS) is 10.1. The van der Waals surface area contributed by atoms with Crippen molar-refractivity contribution < 1.29 is 9.21 Å². The zero-order valence-electron chi connectivity index (χ0n) is 7.57. The molecule has 2 aromatic heterocycles. The molecule has 14 heavy (non-hydrogen) atoms. The molecule has 2 heterocycles. The van der Waals surface area contributed by atoms with Crippen molar-refractivity contribution >= 4 is 11.9 Å². The molecular formula is C9H9N3O2. The maximum absolute atomic E-state index is 11.6. The lowest BCUT2D eigenvalue weighted by Gasteiger charge is -1.99. The SMILES string of the molecule is Cc1occc1C(=O)Nc1ncc[nH]1. The van der Waals surface area contributed by atoms with Gasteiger partial charge in [-0.3, -0.25) is 10.1 Å². The van der Waals surface area contributed by atoms with Crippen LogP contribution in [0.5, 0.6) is 0 Å². The fourth-order valence-electron chi connectivity index (χ4n) is 1.13. The first-order valence-electron chi connectivity index (χ1n) is 4.12. The molecule has 2 aromatic rings. The van der Waals surface area contributed by atoms with Crippen molar-refractivity contribution in [2.75, 3.05) is 5.32 Å². The van der Waals surface area contributed by atoms with E-state index in [-0.39, 0.29) is 5.91 Å². The van der Waals surface area contributed by atoms with E-state index in [9.17, 15) is 4.79 Å². The van der Waals surface area contributed by atoms with E-state index in [2.05, 4.69) is 15.3 Å². The second-order valence-corrected chi connectivity index (χ2v) is 2.78. The van der Waals surface area contributed by atoms with Crippen LogP contribution in [-0.2, 0) is 0 Å². The Morgan fingerprint density at radius 2 is 2.50 bits per heavy atom. The van der Waals surface area contributed by atoms with Crippen molar-refractivity contribution in [3.8, 4) is 0 Å². The zero-order valence-corrected chi connectivity index (χ0v) is 7.57. The van der Waals surface area contributed by atoms with Gasteiger partial charge in [0, 0.05) is 12.4 Å². The Hall–Kier alpha value is -2.04. The maximum Gasteiger partial charge on any atom is 0.261 e. The van der Waals surface area contributed by atoms with E-state index >= 15 is 0 Å². The summed E-state index contributed by atoms with van der Waals surface area (Å²) in [6.07, 6.45) is 4.68. The number of hydrogen-bond donors (Lipinski definition) is 2. The highest BCUT2D eigenvalue weighted by atomic mass is 16.3.